The Bertz CT molecular complexity index is 665. The molecule has 2 heterocycles. The zero-order valence-corrected chi connectivity index (χ0v) is 13.2. The fourth-order valence-electron chi connectivity index (χ4n) is 2.60. The molecule has 1 amide bonds. The van der Waals surface area contributed by atoms with Gasteiger partial charge in [0.1, 0.15) is 5.82 Å². The fourth-order valence-corrected chi connectivity index (χ4v) is 3.63. The van der Waals surface area contributed by atoms with Crippen molar-refractivity contribution < 1.29 is 4.79 Å². The molecular weight excluding hydrogens is 282 g/mol. The number of anilines is 1. The largest absolute Gasteiger partial charge is 0.335 e. The van der Waals surface area contributed by atoms with Crippen molar-refractivity contribution in [1.29, 1.82) is 0 Å². The van der Waals surface area contributed by atoms with Crippen LogP contribution in [0.3, 0.4) is 0 Å². The van der Waals surface area contributed by atoms with E-state index in [2.05, 4.69) is 34.7 Å². The first-order chi connectivity index (χ1) is 10.1. The molecule has 5 heteroatoms. The topological polar surface area (TPSA) is 38.1 Å². The number of benzene rings is 1. The van der Waals surface area contributed by atoms with E-state index in [0.717, 1.165) is 31.0 Å². The van der Waals surface area contributed by atoms with E-state index in [0.29, 0.717) is 5.75 Å². The number of fused-ring (bicyclic) bond motifs is 1. The highest BCUT2D eigenvalue weighted by atomic mass is 32.2. The summed E-state index contributed by atoms with van der Waals surface area (Å²) in [7, 11) is 0. The van der Waals surface area contributed by atoms with Crippen molar-refractivity contribution in [2.45, 2.75) is 31.7 Å². The van der Waals surface area contributed by atoms with Gasteiger partial charge in [-0.3, -0.25) is 4.79 Å². The lowest BCUT2D eigenvalue weighted by Gasteiger charge is -2.29. The van der Waals surface area contributed by atoms with E-state index >= 15 is 0 Å². The SMILES string of the molecule is Cc1ccc2c(c1)SCC(=O)N2CCCn1ccnc1C. The van der Waals surface area contributed by atoms with Gasteiger partial charge in [-0.15, -0.1) is 11.8 Å². The van der Waals surface area contributed by atoms with Crippen LogP contribution in [0.5, 0.6) is 0 Å². The van der Waals surface area contributed by atoms with Gasteiger partial charge in [0.15, 0.2) is 0 Å². The van der Waals surface area contributed by atoms with E-state index in [1.165, 1.54) is 10.5 Å². The maximum atomic E-state index is 12.2. The standard InChI is InChI=1S/C16H19N3OS/c1-12-4-5-14-15(10-12)21-11-16(20)19(14)8-3-7-18-9-6-17-13(18)2/h4-6,9-10H,3,7-8,11H2,1-2H3. The number of nitrogens with zero attached hydrogens (tertiary/aromatic N) is 3. The van der Waals surface area contributed by atoms with Crippen LogP contribution < -0.4 is 4.90 Å². The summed E-state index contributed by atoms with van der Waals surface area (Å²) >= 11 is 1.64. The third-order valence-corrected chi connectivity index (χ3v) is 4.79. The predicted octanol–water partition coefficient (Wildman–Crippen LogP) is 3.03. The Balaban J connectivity index is 1.70. The van der Waals surface area contributed by atoms with Crippen molar-refractivity contribution in [3.05, 3.63) is 42.0 Å². The second-order valence-corrected chi connectivity index (χ2v) is 6.34. The molecule has 110 valence electrons. The lowest BCUT2D eigenvalue weighted by Crippen LogP contribution is -2.36. The Kier molecular flexibility index (Phi) is 4.01. The highest BCUT2D eigenvalue weighted by Gasteiger charge is 2.24. The van der Waals surface area contributed by atoms with Crippen molar-refractivity contribution in [3.63, 3.8) is 0 Å². The summed E-state index contributed by atoms with van der Waals surface area (Å²) in [5, 5.41) is 0. The van der Waals surface area contributed by atoms with Gasteiger partial charge in [0.2, 0.25) is 5.91 Å². The van der Waals surface area contributed by atoms with Crippen LogP contribution in [0.2, 0.25) is 0 Å². The molecule has 3 rings (SSSR count). The molecular formula is C16H19N3OS. The Labute approximate surface area is 129 Å². The molecule has 1 aromatic carbocycles. The van der Waals surface area contributed by atoms with E-state index in [1.807, 2.05) is 24.2 Å². The second-order valence-electron chi connectivity index (χ2n) is 5.33. The summed E-state index contributed by atoms with van der Waals surface area (Å²) in [4.78, 5) is 19.6. The highest BCUT2D eigenvalue weighted by Crippen LogP contribution is 2.35. The fraction of sp³-hybridized carbons (Fsp3) is 0.375. The smallest absolute Gasteiger partial charge is 0.237 e. The quantitative estimate of drug-likeness (QED) is 0.871. The molecule has 0 unspecified atom stereocenters. The van der Waals surface area contributed by atoms with Gasteiger partial charge in [0, 0.05) is 30.4 Å². The zero-order chi connectivity index (χ0) is 14.8. The lowest BCUT2D eigenvalue weighted by atomic mass is 10.2. The first-order valence-electron chi connectivity index (χ1n) is 7.17. The molecule has 0 N–H and O–H groups in total. The van der Waals surface area contributed by atoms with Crippen LogP contribution in [0.1, 0.15) is 17.8 Å². The molecule has 1 aliphatic rings. The van der Waals surface area contributed by atoms with Crippen LogP contribution in [0, 0.1) is 13.8 Å². The molecule has 1 aromatic heterocycles. The van der Waals surface area contributed by atoms with Crippen LogP contribution >= 0.6 is 11.8 Å². The molecule has 0 saturated heterocycles. The number of aryl methyl sites for hydroxylation is 3. The first kappa shape index (κ1) is 14.2. The van der Waals surface area contributed by atoms with Crippen LogP contribution in [0.25, 0.3) is 0 Å². The summed E-state index contributed by atoms with van der Waals surface area (Å²) in [6.07, 6.45) is 4.73. The van der Waals surface area contributed by atoms with Gasteiger partial charge < -0.3 is 9.47 Å². The first-order valence-corrected chi connectivity index (χ1v) is 8.15. The number of aromatic nitrogens is 2. The average Bonchev–Trinajstić information content (AvgIpc) is 2.87. The number of rotatable bonds is 4. The molecule has 21 heavy (non-hydrogen) atoms. The average molecular weight is 301 g/mol. The summed E-state index contributed by atoms with van der Waals surface area (Å²) < 4.78 is 2.12. The zero-order valence-electron chi connectivity index (χ0n) is 12.4. The highest BCUT2D eigenvalue weighted by molar-refractivity contribution is 8.00. The molecule has 0 aliphatic carbocycles. The van der Waals surface area contributed by atoms with Crippen molar-refractivity contribution in [3.8, 4) is 0 Å². The minimum absolute atomic E-state index is 0.207. The summed E-state index contributed by atoms with van der Waals surface area (Å²) in [5.41, 5.74) is 2.30. The van der Waals surface area contributed by atoms with Gasteiger partial charge in [-0.25, -0.2) is 4.98 Å². The Morgan fingerprint density at radius 3 is 2.90 bits per heavy atom. The van der Waals surface area contributed by atoms with Crippen molar-refractivity contribution in [1.82, 2.24) is 9.55 Å². The maximum absolute atomic E-state index is 12.2. The van der Waals surface area contributed by atoms with E-state index in [-0.39, 0.29) is 5.91 Å². The number of imidazole rings is 1. The molecule has 4 nitrogen and oxygen atoms in total. The van der Waals surface area contributed by atoms with Gasteiger partial charge in [-0.05, 0) is 38.0 Å². The number of hydrogen-bond donors (Lipinski definition) is 0. The van der Waals surface area contributed by atoms with Gasteiger partial charge in [-0.2, -0.15) is 0 Å². The summed E-state index contributed by atoms with van der Waals surface area (Å²) in [5.74, 6) is 1.77. The molecule has 0 saturated carbocycles. The van der Waals surface area contributed by atoms with Gasteiger partial charge in [-0.1, -0.05) is 6.07 Å². The van der Waals surface area contributed by atoms with E-state index in [9.17, 15) is 4.79 Å². The van der Waals surface area contributed by atoms with Crippen molar-refractivity contribution in [2.24, 2.45) is 0 Å². The number of hydrogen-bond acceptors (Lipinski definition) is 3. The number of amides is 1. The number of thioether (sulfide) groups is 1. The monoisotopic (exact) mass is 301 g/mol. The molecule has 0 radical (unpaired) electrons. The van der Waals surface area contributed by atoms with Crippen molar-refractivity contribution >= 4 is 23.4 Å². The predicted molar refractivity (Wildman–Crippen MR) is 85.8 cm³/mol. The summed E-state index contributed by atoms with van der Waals surface area (Å²) in [6, 6.07) is 6.31. The molecule has 0 atom stereocenters. The Hall–Kier alpha value is -1.75. The van der Waals surface area contributed by atoms with E-state index < -0.39 is 0 Å². The van der Waals surface area contributed by atoms with E-state index in [1.54, 1.807) is 11.8 Å². The molecule has 0 bridgehead atoms. The second kappa shape index (κ2) is 5.93. The maximum Gasteiger partial charge on any atom is 0.237 e. The van der Waals surface area contributed by atoms with Crippen LogP contribution in [-0.4, -0.2) is 27.8 Å². The minimum atomic E-state index is 0.207. The Morgan fingerprint density at radius 2 is 2.14 bits per heavy atom. The van der Waals surface area contributed by atoms with E-state index in [4.69, 9.17) is 0 Å². The number of carbonyl (C=O) groups is 1. The van der Waals surface area contributed by atoms with Crippen LogP contribution in [-0.2, 0) is 11.3 Å². The van der Waals surface area contributed by atoms with Gasteiger partial charge >= 0.3 is 0 Å². The molecule has 1 aliphatic heterocycles. The van der Waals surface area contributed by atoms with Crippen molar-refractivity contribution in [2.75, 3.05) is 17.2 Å². The Morgan fingerprint density at radius 1 is 1.29 bits per heavy atom. The van der Waals surface area contributed by atoms with Gasteiger partial charge in [0.25, 0.3) is 0 Å². The van der Waals surface area contributed by atoms with Gasteiger partial charge in [0.05, 0.1) is 11.4 Å². The normalized spacial score (nSPS) is 14.4. The number of carbonyl (C=O) groups excluding carboxylic acids is 1. The third-order valence-electron chi connectivity index (χ3n) is 3.76. The molecule has 0 spiro atoms. The lowest BCUT2D eigenvalue weighted by molar-refractivity contribution is -0.116. The molecule has 2 aromatic rings. The summed E-state index contributed by atoms with van der Waals surface area (Å²) in [6.45, 7) is 5.74. The third kappa shape index (κ3) is 2.97. The van der Waals surface area contributed by atoms with Crippen LogP contribution in [0.4, 0.5) is 5.69 Å². The van der Waals surface area contributed by atoms with Crippen LogP contribution in [0.15, 0.2) is 35.5 Å². The molecule has 0 fully saturated rings. The minimum Gasteiger partial charge on any atom is -0.335 e.